The van der Waals surface area contributed by atoms with Crippen molar-refractivity contribution in [2.75, 3.05) is 0 Å². The smallest absolute Gasteiger partial charge is 0.187 e. The molecule has 2 aromatic rings. The van der Waals surface area contributed by atoms with E-state index in [1.54, 1.807) is 25.1 Å². The zero-order valence-electron chi connectivity index (χ0n) is 9.98. The molecule has 0 amide bonds. The lowest BCUT2D eigenvalue weighted by molar-refractivity contribution is 0.0978. The monoisotopic (exact) mass is 293 g/mol. The van der Waals surface area contributed by atoms with E-state index in [1.807, 2.05) is 6.07 Å². The highest BCUT2D eigenvalue weighted by Gasteiger charge is 2.23. The number of hydrogen-bond donors (Lipinski definition) is 0. The van der Waals surface area contributed by atoms with Crippen LogP contribution in [0.2, 0.25) is 10.0 Å². The average molecular weight is 294 g/mol. The quantitative estimate of drug-likeness (QED) is 0.789. The first-order valence-electron chi connectivity index (χ1n) is 5.47. The first-order valence-corrected chi connectivity index (χ1v) is 6.22. The number of rotatable bonds is 3. The number of ketones is 1. The number of hydrogen-bond acceptors (Lipinski definition) is 3. The zero-order chi connectivity index (χ0) is 14.0. The Kier molecular flexibility index (Phi) is 3.94. The molecular formula is C14H9Cl2NO2. The number of furan rings is 1. The van der Waals surface area contributed by atoms with Gasteiger partial charge in [0, 0.05) is 0 Å². The largest absolute Gasteiger partial charge is 0.469 e. The molecule has 0 bridgehead atoms. The molecule has 0 aliphatic rings. The molecule has 19 heavy (non-hydrogen) atoms. The summed E-state index contributed by atoms with van der Waals surface area (Å²) in [5.41, 5.74) is 0.885. The first kappa shape index (κ1) is 13.7. The maximum absolute atomic E-state index is 12.2. The maximum Gasteiger partial charge on any atom is 0.187 e. The van der Waals surface area contributed by atoms with Gasteiger partial charge in [0.05, 0.1) is 21.7 Å². The topological polar surface area (TPSA) is 54.0 Å². The Morgan fingerprint density at radius 2 is 2.05 bits per heavy atom. The van der Waals surface area contributed by atoms with Gasteiger partial charge < -0.3 is 4.42 Å². The van der Waals surface area contributed by atoms with Crippen molar-refractivity contribution in [1.29, 1.82) is 5.26 Å². The second kappa shape index (κ2) is 5.48. The first-order chi connectivity index (χ1) is 9.02. The normalized spacial score (nSPS) is 11.9. The van der Waals surface area contributed by atoms with Gasteiger partial charge in [-0.05, 0) is 30.7 Å². The summed E-state index contributed by atoms with van der Waals surface area (Å²) >= 11 is 11.7. The molecule has 0 aliphatic carbocycles. The molecular weight excluding hydrogens is 285 g/mol. The van der Waals surface area contributed by atoms with E-state index in [4.69, 9.17) is 27.6 Å². The second-order valence-corrected chi connectivity index (χ2v) is 4.86. The van der Waals surface area contributed by atoms with E-state index in [1.165, 1.54) is 12.3 Å². The Hall–Kier alpha value is -1.76. The number of carbonyl (C=O) groups is 1. The number of nitrogens with zero attached hydrogens (tertiary/aromatic N) is 1. The van der Waals surface area contributed by atoms with E-state index in [0.29, 0.717) is 26.9 Å². The Balaban J connectivity index is 2.37. The highest BCUT2D eigenvalue weighted by Crippen LogP contribution is 2.28. The maximum atomic E-state index is 12.2. The van der Waals surface area contributed by atoms with E-state index >= 15 is 0 Å². The summed E-state index contributed by atoms with van der Waals surface area (Å²) in [6.45, 7) is 1.73. The summed E-state index contributed by atoms with van der Waals surface area (Å²) < 4.78 is 5.08. The standard InChI is InChI=1S/C14H9Cl2NO2/c1-8-4-10(7-19-8)14(18)11(6-17)9-2-3-12(15)13(16)5-9/h2-5,7,11H,1H3. The molecule has 3 nitrogen and oxygen atoms in total. The van der Waals surface area contributed by atoms with Crippen LogP contribution in [0.5, 0.6) is 0 Å². The molecule has 1 unspecified atom stereocenters. The van der Waals surface area contributed by atoms with Crippen LogP contribution in [0.15, 0.2) is 34.9 Å². The Morgan fingerprint density at radius 3 is 2.58 bits per heavy atom. The lowest BCUT2D eigenvalue weighted by atomic mass is 9.93. The predicted octanol–water partition coefficient (Wildman–Crippen LogP) is 4.38. The fourth-order valence-corrected chi connectivity index (χ4v) is 2.02. The van der Waals surface area contributed by atoms with Gasteiger partial charge in [-0.25, -0.2) is 0 Å². The van der Waals surface area contributed by atoms with E-state index < -0.39 is 5.92 Å². The van der Waals surface area contributed by atoms with Gasteiger partial charge in [-0.1, -0.05) is 29.3 Å². The predicted molar refractivity (Wildman–Crippen MR) is 72.6 cm³/mol. The summed E-state index contributed by atoms with van der Waals surface area (Å²) in [6.07, 6.45) is 1.35. The van der Waals surface area contributed by atoms with Crippen LogP contribution >= 0.6 is 23.2 Å². The van der Waals surface area contributed by atoms with Crippen molar-refractivity contribution >= 4 is 29.0 Å². The van der Waals surface area contributed by atoms with Crippen molar-refractivity contribution in [2.24, 2.45) is 0 Å². The highest BCUT2D eigenvalue weighted by atomic mass is 35.5. The SMILES string of the molecule is Cc1cc(C(=O)C(C#N)c2ccc(Cl)c(Cl)c2)co1. The molecule has 0 spiro atoms. The molecule has 0 saturated carbocycles. The Labute approximate surface area is 120 Å². The number of nitriles is 1. The second-order valence-electron chi connectivity index (χ2n) is 4.05. The van der Waals surface area contributed by atoms with Crippen LogP contribution in [0.25, 0.3) is 0 Å². The summed E-state index contributed by atoms with van der Waals surface area (Å²) in [6, 6.07) is 8.30. The van der Waals surface area contributed by atoms with Crippen molar-refractivity contribution < 1.29 is 9.21 Å². The van der Waals surface area contributed by atoms with Gasteiger partial charge in [-0.15, -0.1) is 0 Å². The van der Waals surface area contributed by atoms with E-state index in [-0.39, 0.29) is 5.78 Å². The number of Topliss-reactive ketones (excluding diaryl/α,β-unsaturated/α-hetero) is 1. The third-order valence-electron chi connectivity index (χ3n) is 2.68. The molecule has 0 fully saturated rings. The molecule has 0 aliphatic heterocycles. The third-order valence-corrected chi connectivity index (χ3v) is 3.42. The number of aryl methyl sites for hydroxylation is 1. The van der Waals surface area contributed by atoms with Crippen LogP contribution in [-0.2, 0) is 0 Å². The van der Waals surface area contributed by atoms with Crippen molar-refractivity contribution in [3.05, 3.63) is 57.5 Å². The minimum absolute atomic E-state index is 0.315. The lowest BCUT2D eigenvalue weighted by Crippen LogP contribution is -2.10. The van der Waals surface area contributed by atoms with Gasteiger partial charge in [-0.2, -0.15) is 5.26 Å². The van der Waals surface area contributed by atoms with Crippen LogP contribution in [-0.4, -0.2) is 5.78 Å². The van der Waals surface area contributed by atoms with Crippen molar-refractivity contribution in [3.8, 4) is 6.07 Å². The third kappa shape index (κ3) is 2.81. The van der Waals surface area contributed by atoms with Gasteiger partial charge >= 0.3 is 0 Å². The number of benzene rings is 1. The molecule has 5 heteroatoms. The highest BCUT2D eigenvalue weighted by molar-refractivity contribution is 6.42. The molecule has 1 heterocycles. The molecule has 1 aromatic heterocycles. The molecule has 0 saturated heterocycles. The number of carbonyl (C=O) groups excluding carboxylic acids is 1. The molecule has 2 rings (SSSR count). The summed E-state index contributed by atoms with van der Waals surface area (Å²) in [4.78, 5) is 12.2. The van der Waals surface area contributed by atoms with E-state index in [9.17, 15) is 10.1 Å². The summed E-state index contributed by atoms with van der Waals surface area (Å²) in [7, 11) is 0. The van der Waals surface area contributed by atoms with Crippen molar-refractivity contribution in [2.45, 2.75) is 12.8 Å². The van der Waals surface area contributed by atoms with Gasteiger partial charge in [-0.3, -0.25) is 4.79 Å². The van der Waals surface area contributed by atoms with E-state index in [0.717, 1.165) is 0 Å². The van der Waals surface area contributed by atoms with Gasteiger partial charge in [0.15, 0.2) is 5.78 Å². The van der Waals surface area contributed by atoms with Crippen LogP contribution in [0.3, 0.4) is 0 Å². The van der Waals surface area contributed by atoms with Crippen molar-refractivity contribution in [1.82, 2.24) is 0 Å². The fourth-order valence-electron chi connectivity index (χ4n) is 1.72. The molecule has 0 N–H and O–H groups in total. The average Bonchev–Trinajstić information content (AvgIpc) is 2.81. The summed E-state index contributed by atoms with van der Waals surface area (Å²) in [5, 5.41) is 9.90. The number of halogens is 2. The molecule has 1 atom stereocenters. The van der Waals surface area contributed by atoms with Gasteiger partial charge in [0.25, 0.3) is 0 Å². The minimum atomic E-state index is -0.924. The van der Waals surface area contributed by atoms with Gasteiger partial charge in [0.1, 0.15) is 17.9 Å². The summed E-state index contributed by atoms with van der Waals surface area (Å²) in [5.74, 6) is -0.626. The lowest BCUT2D eigenvalue weighted by Gasteiger charge is -2.08. The van der Waals surface area contributed by atoms with Crippen LogP contribution in [0.1, 0.15) is 27.6 Å². The van der Waals surface area contributed by atoms with Crippen molar-refractivity contribution in [3.63, 3.8) is 0 Å². The van der Waals surface area contributed by atoms with E-state index in [2.05, 4.69) is 0 Å². The van der Waals surface area contributed by atoms with Gasteiger partial charge in [0.2, 0.25) is 0 Å². The Morgan fingerprint density at radius 1 is 1.32 bits per heavy atom. The molecule has 1 aromatic carbocycles. The minimum Gasteiger partial charge on any atom is -0.469 e. The molecule has 0 radical (unpaired) electrons. The fraction of sp³-hybridized carbons (Fsp3) is 0.143. The Bertz CT molecular complexity index is 670. The van der Waals surface area contributed by atoms with Crippen LogP contribution in [0.4, 0.5) is 0 Å². The van der Waals surface area contributed by atoms with Crippen LogP contribution in [0, 0.1) is 18.3 Å². The molecule has 96 valence electrons. The van der Waals surface area contributed by atoms with Crippen LogP contribution < -0.4 is 0 Å². The zero-order valence-corrected chi connectivity index (χ0v) is 11.5.